The van der Waals surface area contributed by atoms with Gasteiger partial charge in [0, 0.05) is 0 Å². The molecule has 0 saturated carbocycles. The molecular weight excluding hydrogens is 227 g/mol. The van der Waals surface area contributed by atoms with Gasteiger partial charge in [-0.15, -0.1) is 23.2 Å². The van der Waals surface area contributed by atoms with Crippen molar-refractivity contribution in [1.82, 2.24) is 0 Å². The van der Waals surface area contributed by atoms with Crippen LogP contribution in [0.2, 0.25) is 0 Å². The van der Waals surface area contributed by atoms with Crippen molar-refractivity contribution < 1.29 is 0 Å². The fraction of sp³-hybridized carbons (Fsp3) is 0.0769. The van der Waals surface area contributed by atoms with Crippen molar-refractivity contribution in [2.45, 2.75) is 4.84 Å². The largest absolute Gasteiger partial charge is 0.132 e. The molecule has 0 atom stereocenters. The summed E-state index contributed by atoms with van der Waals surface area (Å²) in [6.07, 6.45) is 0. The first-order chi connectivity index (χ1) is 7.27. The maximum absolute atomic E-state index is 5.77. The molecule has 0 saturated heterocycles. The van der Waals surface area contributed by atoms with E-state index in [1.807, 2.05) is 42.5 Å². The Morgan fingerprint density at radius 3 is 1.73 bits per heavy atom. The molecule has 0 spiro atoms. The molecule has 0 aliphatic rings. The third-order valence-electron chi connectivity index (χ3n) is 2.27. The first kappa shape index (κ1) is 10.5. The van der Waals surface area contributed by atoms with E-state index in [1.54, 1.807) is 0 Å². The van der Waals surface area contributed by atoms with Crippen LogP contribution in [0, 0.1) is 0 Å². The van der Waals surface area contributed by atoms with E-state index in [4.69, 9.17) is 23.2 Å². The van der Waals surface area contributed by atoms with Gasteiger partial charge in [-0.05, 0) is 16.7 Å². The van der Waals surface area contributed by atoms with Gasteiger partial charge >= 0.3 is 0 Å². The molecule has 0 heterocycles. The summed E-state index contributed by atoms with van der Waals surface area (Å²) in [5, 5.41) is 0. The van der Waals surface area contributed by atoms with E-state index in [0.717, 1.165) is 5.56 Å². The molecule has 2 rings (SSSR count). The Hall–Kier alpha value is -0.980. The predicted molar refractivity (Wildman–Crippen MR) is 66.3 cm³/mol. The number of alkyl halides is 2. The van der Waals surface area contributed by atoms with Crippen LogP contribution < -0.4 is 0 Å². The topological polar surface area (TPSA) is 0 Å². The predicted octanol–water partition coefficient (Wildman–Crippen LogP) is 4.83. The fourth-order valence-electron chi connectivity index (χ4n) is 1.45. The summed E-state index contributed by atoms with van der Waals surface area (Å²) in [4.78, 5) is -0.449. The lowest BCUT2D eigenvalue weighted by Gasteiger charge is -2.04. The smallest absolute Gasteiger partial charge is 0.100 e. The molecule has 0 fully saturated rings. The lowest BCUT2D eigenvalue weighted by atomic mass is 10.0. The van der Waals surface area contributed by atoms with Crippen LogP contribution in [0.5, 0.6) is 0 Å². The van der Waals surface area contributed by atoms with Crippen molar-refractivity contribution in [2.75, 3.05) is 0 Å². The highest BCUT2D eigenvalue weighted by atomic mass is 35.5. The molecule has 2 heteroatoms. The summed E-state index contributed by atoms with van der Waals surface area (Å²) in [6.45, 7) is 0. The Kier molecular flexibility index (Phi) is 3.30. The average Bonchev–Trinajstić information content (AvgIpc) is 2.30. The quantitative estimate of drug-likeness (QED) is 0.656. The molecule has 2 aromatic rings. The molecule has 0 bridgehead atoms. The Bertz CT molecular complexity index is 418. The van der Waals surface area contributed by atoms with E-state index in [0.29, 0.717) is 0 Å². The van der Waals surface area contributed by atoms with Gasteiger partial charge in [0.15, 0.2) is 0 Å². The minimum atomic E-state index is -0.449. The van der Waals surface area contributed by atoms with E-state index >= 15 is 0 Å². The SMILES string of the molecule is ClC(Cl)c1ccc(-c2ccccc2)cc1. The van der Waals surface area contributed by atoms with Crippen molar-refractivity contribution >= 4 is 23.2 Å². The number of hydrogen-bond donors (Lipinski definition) is 0. The van der Waals surface area contributed by atoms with Gasteiger partial charge in [0.25, 0.3) is 0 Å². The highest BCUT2D eigenvalue weighted by molar-refractivity contribution is 6.44. The average molecular weight is 237 g/mol. The van der Waals surface area contributed by atoms with E-state index in [9.17, 15) is 0 Å². The second-order valence-electron chi connectivity index (χ2n) is 3.29. The third-order valence-corrected chi connectivity index (χ3v) is 2.77. The van der Waals surface area contributed by atoms with E-state index in [1.165, 1.54) is 11.1 Å². The van der Waals surface area contributed by atoms with Crippen molar-refractivity contribution in [3.8, 4) is 11.1 Å². The molecule has 0 radical (unpaired) electrons. The van der Waals surface area contributed by atoms with Gasteiger partial charge in [-0.3, -0.25) is 0 Å². The standard InChI is InChI=1S/C13H10Cl2/c14-13(15)12-8-6-11(7-9-12)10-4-2-1-3-5-10/h1-9,13H. The zero-order chi connectivity index (χ0) is 10.7. The monoisotopic (exact) mass is 236 g/mol. The zero-order valence-electron chi connectivity index (χ0n) is 8.03. The van der Waals surface area contributed by atoms with Crippen LogP contribution in [0.1, 0.15) is 10.4 Å². The van der Waals surface area contributed by atoms with E-state index in [2.05, 4.69) is 12.1 Å². The number of rotatable bonds is 2. The minimum Gasteiger partial charge on any atom is -0.100 e. The Morgan fingerprint density at radius 2 is 1.20 bits per heavy atom. The van der Waals surface area contributed by atoms with E-state index < -0.39 is 4.84 Å². The highest BCUT2D eigenvalue weighted by Crippen LogP contribution is 2.27. The summed E-state index contributed by atoms with van der Waals surface area (Å²) in [7, 11) is 0. The molecule has 15 heavy (non-hydrogen) atoms. The summed E-state index contributed by atoms with van der Waals surface area (Å²) in [5.74, 6) is 0. The van der Waals surface area contributed by atoms with Gasteiger partial charge in [0.1, 0.15) is 4.84 Å². The normalized spacial score (nSPS) is 10.6. The minimum absolute atomic E-state index is 0.449. The molecule has 0 aliphatic carbocycles. The second-order valence-corrected chi connectivity index (χ2v) is 4.38. The number of benzene rings is 2. The lowest BCUT2D eigenvalue weighted by molar-refractivity contribution is 1.35. The maximum atomic E-state index is 5.77. The lowest BCUT2D eigenvalue weighted by Crippen LogP contribution is -1.82. The molecule has 0 N–H and O–H groups in total. The van der Waals surface area contributed by atoms with Crippen LogP contribution in [0.4, 0.5) is 0 Å². The molecule has 0 aromatic heterocycles. The van der Waals surface area contributed by atoms with Crippen LogP contribution in [0.3, 0.4) is 0 Å². The van der Waals surface area contributed by atoms with E-state index in [-0.39, 0.29) is 0 Å². The van der Waals surface area contributed by atoms with Gasteiger partial charge in [-0.25, -0.2) is 0 Å². The van der Waals surface area contributed by atoms with Crippen LogP contribution >= 0.6 is 23.2 Å². The van der Waals surface area contributed by atoms with Gasteiger partial charge in [-0.2, -0.15) is 0 Å². The fourth-order valence-corrected chi connectivity index (χ4v) is 1.74. The Labute approximate surface area is 99.5 Å². The van der Waals surface area contributed by atoms with Crippen molar-refractivity contribution in [3.63, 3.8) is 0 Å². The molecule has 2 aromatic carbocycles. The van der Waals surface area contributed by atoms with Crippen LogP contribution in [0.15, 0.2) is 54.6 Å². The molecule has 0 nitrogen and oxygen atoms in total. The van der Waals surface area contributed by atoms with Gasteiger partial charge in [0.2, 0.25) is 0 Å². The zero-order valence-corrected chi connectivity index (χ0v) is 9.54. The Balaban J connectivity index is 2.32. The second kappa shape index (κ2) is 4.69. The summed E-state index contributed by atoms with van der Waals surface area (Å²) < 4.78 is 0. The molecule has 0 amide bonds. The summed E-state index contributed by atoms with van der Waals surface area (Å²) in [6, 6.07) is 18.2. The first-order valence-corrected chi connectivity index (χ1v) is 5.58. The number of halogens is 2. The van der Waals surface area contributed by atoms with Gasteiger partial charge < -0.3 is 0 Å². The van der Waals surface area contributed by atoms with Crippen molar-refractivity contribution in [3.05, 3.63) is 60.2 Å². The van der Waals surface area contributed by atoms with Crippen LogP contribution in [0.25, 0.3) is 11.1 Å². The van der Waals surface area contributed by atoms with Crippen molar-refractivity contribution in [1.29, 1.82) is 0 Å². The maximum Gasteiger partial charge on any atom is 0.132 e. The highest BCUT2D eigenvalue weighted by Gasteiger charge is 2.02. The molecule has 76 valence electrons. The van der Waals surface area contributed by atoms with Crippen LogP contribution in [-0.2, 0) is 0 Å². The third kappa shape index (κ3) is 2.53. The Morgan fingerprint density at radius 1 is 0.667 bits per heavy atom. The molecular formula is C13H10Cl2. The number of hydrogen-bond acceptors (Lipinski definition) is 0. The van der Waals surface area contributed by atoms with Gasteiger partial charge in [0.05, 0.1) is 0 Å². The summed E-state index contributed by atoms with van der Waals surface area (Å²) in [5.41, 5.74) is 3.30. The molecule has 0 aliphatic heterocycles. The first-order valence-electron chi connectivity index (χ1n) is 4.71. The van der Waals surface area contributed by atoms with Gasteiger partial charge in [-0.1, -0.05) is 54.6 Å². The van der Waals surface area contributed by atoms with Crippen LogP contribution in [-0.4, -0.2) is 0 Å². The molecule has 0 unspecified atom stereocenters. The summed E-state index contributed by atoms with van der Waals surface area (Å²) >= 11 is 11.5. The van der Waals surface area contributed by atoms with Crippen molar-refractivity contribution in [2.24, 2.45) is 0 Å².